The van der Waals surface area contributed by atoms with Crippen molar-refractivity contribution < 1.29 is 18.1 Å². The number of nitro groups is 1. The van der Waals surface area contributed by atoms with Gasteiger partial charge in [0.2, 0.25) is 10.0 Å². The first-order chi connectivity index (χ1) is 14.4. The lowest BCUT2D eigenvalue weighted by atomic mass is 10.1. The van der Waals surface area contributed by atoms with E-state index in [2.05, 4.69) is 20.3 Å². The highest BCUT2D eigenvalue weighted by Gasteiger charge is 2.17. The number of non-ortho nitro benzene ring substituents is 1. The molecule has 2 aromatic carbocycles. The van der Waals surface area contributed by atoms with Crippen LogP contribution >= 0.6 is 0 Å². The predicted molar refractivity (Wildman–Crippen MR) is 114 cm³/mol. The molecule has 2 rings (SSSR count). The molecule has 0 heterocycles. The molecule has 30 heavy (non-hydrogen) atoms. The Balaban J connectivity index is 1.76. The van der Waals surface area contributed by atoms with E-state index >= 15 is 0 Å². The molecule has 0 saturated heterocycles. The van der Waals surface area contributed by atoms with Gasteiger partial charge in [-0.05, 0) is 30.2 Å². The maximum absolute atomic E-state index is 12.3. The number of ether oxygens (including phenoxy) is 1. The van der Waals surface area contributed by atoms with Crippen LogP contribution < -0.4 is 20.1 Å². The first kappa shape index (κ1) is 23.1. The highest BCUT2D eigenvalue weighted by atomic mass is 32.2. The Labute approximate surface area is 175 Å². The minimum absolute atomic E-state index is 0.0875. The number of methoxy groups -OCH3 is 1. The number of benzene rings is 2. The number of rotatable bonds is 10. The van der Waals surface area contributed by atoms with Crippen molar-refractivity contribution >= 4 is 21.7 Å². The SMILES string of the molecule is CN=C(NCCNS(=O)(=O)c1cccc([N+](=O)[O-])c1)NCCc1ccc(OC)cc1. The summed E-state index contributed by atoms with van der Waals surface area (Å²) < 4.78 is 32.1. The molecule has 10 nitrogen and oxygen atoms in total. The van der Waals surface area contributed by atoms with Crippen LogP contribution in [0.25, 0.3) is 0 Å². The third-order valence-electron chi connectivity index (χ3n) is 4.14. The summed E-state index contributed by atoms with van der Waals surface area (Å²) in [5.74, 6) is 1.34. The Bertz CT molecular complexity index is 977. The molecule has 3 N–H and O–H groups in total. The van der Waals surface area contributed by atoms with E-state index in [0.29, 0.717) is 12.5 Å². The highest BCUT2D eigenvalue weighted by molar-refractivity contribution is 7.89. The lowest BCUT2D eigenvalue weighted by molar-refractivity contribution is -0.385. The van der Waals surface area contributed by atoms with Gasteiger partial charge < -0.3 is 15.4 Å². The Morgan fingerprint density at radius 2 is 1.80 bits per heavy atom. The standard InChI is InChI=1S/C19H25N5O5S/c1-20-19(21-11-10-15-6-8-17(29-2)9-7-15)22-12-13-23-30(27,28)18-5-3-4-16(14-18)24(25)26/h3-9,14,23H,10-13H2,1-2H3,(H2,20,21,22). The highest BCUT2D eigenvalue weighted by Crippen LogP contribution is 2.16. The van der Waals surface area contributed by atoms with Crippen LogP contribution in [0.2, 0.25) is 0 Å². The molecular weight excluding hydrogens is 410 g/mol. The average molecular weight is 436 g/mol. The molecule has 2 aromatic rings. The quantitative estimate of drug-likeness (QED) is 0.168. The summed E-state index contributed by atoms with van der Waals surface area (Å²) in [5.41, 5.74) is 0.862. The topological polar surface area (TPSA) is 135 Å². The molecule has 0 saturated carbocycles. The minimum Gasteiger partial charge on any atom is -0.497 e. The summed E-state index contributed by atoms with van der Waals surface area (Å²) in [7, 11) is -0.603. The van der Waals surface area contributed by atoms with Gasteiger partial charge in [0.25, 0.3) is 5.69 Å². The summed E-state index contributed by atoms with van der Waals surface area (Å²) in [6, 6.07) is 12.7. The molecule has 11 heteroatoms. The van der Waals surface area contributed by atoms with E-state index in [4.69, 9.17) is 4.74 Å². The number of hydrogen-bond donors (Lipinski definition) is 3. The maximum atomic E-state index is 12.3. The van der Waals surface area contributed by atoms with Gasteiger partial charge in [-0.1, -0.05) is 18.2 Å². The lowest BCUT2D eigenvalue weighted by Crippen LogP contribution is -2.42. The van der Waals surface area contributed by atoms with Crippen LogP contribution in [0, 0.1) is 10.1 Å². The van der Waals surface area contributed by atoms with E-state index in [9.17, 15) is 18.5 Å². The van der Waals surface area contributed by atoms with E-state index in [-0.39, 0.29) is 23.7 Å². The molecule has 0 atom stereocenters. The molecule has 0 fully saturated rings. The van der Waals surface area contributed by atoms with Crippen LogP contribution in [0.5, 0.6) is 5.75 Å². The van der Waals surface area contributed by atoms with Crippen molar-refractivity contribution in [2.75, 3.05) is 33.8 Å². The number of nitrogens with zero attached hydrogens (tertiary/aromatic N) is 2. The maximum Gasteiger partial charge on any atom is 0.270 e. The van der Waals surface area contributed by atoms with E-state index < -0.39 is 14.9 Å². The van der Waals surface area contributed by atoms with Crippen molar-refractivity contribution in [1.29, 1.82) is 0 Å². The molecule has 0 amide bonds. The second-order valence-electron chi connectivity index (χ2n) is 6.18. The Hall–Kier alpha value is -3.18. The van der Waals surface area contributed by atoms with E-state index in [1.807, 2.05) is 24.3 Å². The number of guanidine groups is 1. The fourth-order valence-electron chi connectivity index (χ4n) is 2.55. The predicted octanol–water partition coefficient (Wildman–Crippen LogP) is 1.29. The zero-order chi connectivity index (χ0) is 22.0. The minimum atomic E-state index is -3.84. The van der Waals surface area contributed by atoms with Gasteiger partial charge in [0.05, 0.1) is 16.9 Å². The smallest absolute Gasteiger partial charge is 0.270 e. The largest absolute Gasteiger partial charge is 0.497 e. The van der Waals surface area contributed by atoms with Crippen molar-refractivity contribution in [3.8, 4) is 5.75 Å². The van der Waals surface area contributed by atoms with Gasteiger partial charge in [0.15, 0.2) is 5.96 Å². The van der Waals surface area contributed by atoms with Gasteiger partial charge in [-0.3, -0.25) is 15.1 Å². The fourth-order valence-corrected chi connectivity index (χ4v) is 3.62. The molecule has 0 radical (unpaired) electrons. The number of nitro benzene ring substituents is 1. The van der Waals surface area contributed by atoms with Crippen LogP contribution in [0.3, 0.4) is 0 Å². The number of nitrogens with one attached hydrogen (secondary N) is 3. The first-order valence-corrected chi connectivity index (χ1v) is 10.7. The van der Waals surface area contributed by atoms with E-state index in [1.165, 1.54) is 18.2 Å². The lowest BCUT2D eigenvalue weighted by Gasteiger charge is -2.12. The molecule has 0 spiro atoms. The van der Waals surface area contributed by atoms with Crippen LogP contribution in [0.15, 0.2) is 58.4 Å². The summed E-state index contributed by atoms with van der Waals surface area (Å²) >= 11 is 0. The van der Waals surface area contributed by atoms with Crippen LogP contribution in [-0.2, 0) is 16.4 Å². The molecule has 162 valence electrons. The third kappa shape index (κ3) is 7.01. The summed E-state index contributed by atoms with van der Waals surface area (Å²) in [6.07, 6.45) is 0.782. The third-order valence-corrected chi connectivity index (χ3v) is 5.60. The van der Waals surface area contributed by atoms with Crippen LogP contribution in [0.4, 0.5) is 5.69 Å². The number of sulfonamides is 1. The molecule has 0 bridgehead atoms. The fraction of sp³-hybridized carbons (Fsp3) is 0.316. The van der Waals surface area contributed by atoms with Gasteiger partial charge in [-0.15, -0.1) is 0 Å². The normalized spacial score (nSPS) is 11.7. The Morgan fingerprint density at radius 1 is 1.10 bits per heavy atom. The van der Waals surface area contributed by atoms with Crippen molar-refractivity contribution in [3.05, 3.63) is 64.2 Å². The van der Waals surface area contributed by atoms with Crippen LogP contribution in [-0.4, -0.2) is 53.1 Å². The van der Waals surface area contributed by atoms with Gasteiger partial charge >= 0.3 is 0 Å². The Kier molecular flexibility index (Phi) is 8.56. The van der Waals surface area contributed by atoms with Crippen molar-refractivity contribution in [1.82, 2.24) is 15.4 Å². The van der Waals surface area contributed by atoms with E-state index in [0.717, 1.165) is 23.8 Å². The molecule has 0 aliphatic carbocycles. The van der Waals surface area contributed by atoms with E-state index in [1.54, 1.807) is 14.2 Å². The summed E-state index contributed by atoms with van der Waals surface area (Å²) in [4.78, 5) is 14.1. The zero-order valence-electron chi connectivity index (χ0n) is 16.8. The van der Waals surface area contributed by atoms with Gasteiger partial charge in [0, 0.05) is 38.8 Å². The summed E-state index contributed by atoms with van der Waals surface area (Å²) in [6.45, 7) is 1.02. The second-order valence-corrected chi connectivity index (χ2v) is 7.94. The first-order valence-electron chi connectivity index (χ1n) is 9.17. The molecule has 0 aromatic heterocycles. The summed E-state index contributed by atoms with van der Waals surface area (Å²) in [5, 5.41) is 17.0. The number of hydrogen-bond acceptors (Lipinski definition) is 6. The van der Waals surface area contributed by atoms with Crippen molar-refractivity contribution in [2.45, 2.75) is 11.3 Å². The molecule has 0 aliphatic heterocycles. The number of aliphatic imine (C=N–C) groups is 1. The molecular formula is C19H25N5O5S. The van der Waals surface area contributed by atoms with Gasteiger partial charge in [-0.2, -0.15) is 0 Å². The van der Waals surface area contributed by atoms with Gasteiger partial charge in [0.1, 0.15) is 5.75 Å². The monoisotopic (exact) mass is 435 g/mol. The average Bonchev–Trinajstić information content (AvgIpc) is 2.76. The van der Waals surface area contributed by atoms with Crippen molar-refractivity contribution in [2.24, 2.45) is 4.99 Å². The van der Waals surface area contributed by atoms with Crippen LogP contribution in [0.1, 0.15) is 5.56 Å². The molecule has 0 aliphatic rings. The zero-order valence-corrected chi connectivity index (χ0v) is 17.6. The second kappa shape index (κ2) is 11.1. The van der Waals surface area contributed by atoms with Crippen molar-refractivity contribution in [3.63, 3.8) is 0 Å². The van der Waals surface area contributed by atoms with Gasteiger partial charge in [-0.25, -0.2) is 13.1 Å². The Morgan fingerprint density at radius 3 is 2.43 bits per heavy atom. The molecule has 0 unspecified atom stereocenters.